The van der Waals surface area contributed by atoms with Crippen molar-refractivity contribution >= 4 is 78.4 Å². The van der Waals surface area contributed by atoms with Crippen LogP contribution in [0.5, 0.6) is 11.5 Å². The monoisotopic (exact) mass is 776 g/mol. The number of thiophene rings is 1. The number of aromatic nitrogens is 2. The standard InChI is InChI=1S/C37H34BrClN4O6S/c1-6-42-33(45)20-9-8-19-22(29(20)35(42)47)14-23-34(46)43(36(48)37(23,3)30(19)17-11-24(38)31(44)26(12-17)49-5)28-15-25(40-41(28)4)32-16(2)21-13-18(39)7-10-27(21)50-32/h7-8,10-13,15,20,22-23,29-30,44H,6,9,14H2,1-5H3/t20-,22+,23-,29-,30-,37+/m0/s1. The van der Waals surface area contributed by atoms with Crippen molar-refractivity contribution in [2.45, 2.75) is 39.5 Å². The van der Waals surface area contributed by atoms with Crippen molar-refractivity contribution in [3.8, 4) is 22.1 Å². The van der Waals surface area contributed by atoms with Crippen LogP contribution < -0.4 is 9.64 Å². The van der Waals surface area contributed by atoms with E-state index in [9.17, 15) is 19.5 Å². The highest BCUT2D eigenvalue weighted by molar-refractivity contribution is 9.10. The molecule has 2 aliphatic carbocycles. The Morgan fingerprint density at radius 1 is 1.10 bits per heavy atom. The highest BCUT2D eigenvalue weighted by Gasteiger charge is 2.68. The predicted molar refractivity (Wildman–Crippen MR) is 193 cm³/mol. The maximum atomic E-state index is 15.0. The van der Waals surface area contributed by atoms with E-state index in [-0.39, 0.29) is 48.1 Å². The smallest absolute Gasteiger partial charge is 0.242 e. The number of nitrogens with zero attached hydrogens (tertiary/aromatic N) is 4. The quantitative estimate of drug-likeness (QED) is 0.171. The van der Waals surface area contributed by atoms with E-state index >= 15 is 4.79 Å². The molecule has 258 valence electrons. The van der Waals surface area contributed by atoms with Gasteiger partial charge in [0, 0.05) is 35.3 Å². The molecule has 2 aliphatic heterocycles. The number of amides is 4. The van der Waals surface area contributed by atoms with Crippen molar-refractivity contribution in [3.05, 3.63) is 68.7 Å². The number of carbonyl (C=O) groups is 4. The van der Waals surface area contributed by atoms with Crippen molar-refractivity contribution in [2.75, 3.05) is 18.6 Å². The molecule has 2 aromatic carbocycles. The molecule has 50 heavy (non-hydrogen) atoms. The van der Waals surface area contributed by atoms with Crippen molar-refractivity contribution in [1.29, 1.82) is 0 Å². The average molecular weight is 778 g/mol. The summed E-state index contributed by atoms with van der Waals surface area (Å²) in [6, 6.07) is 11.0. The molecule has 8 rings (SSSR count). The van der Waals surface area contributed by atoms with Gasteiger partial charge >= 0.3 is 0 Å². The number of rotatable bonds is 5. The van der Waals surface area contributed by atoms with E-state index in [4.69, 9.17) is 21.4 Å². The van der Waals surface area contributed by atoms with E-state index in [1.54, 1.807) is 48.2 Å². The van der Waals surface area contributed by atoms with Crippen LogP contribution in [-0.4, -0.2) is 57.1 Å². The van der Waals surface area contributed by atoms with Crippen molar-refractivity contribution < 1.29 is 29.0 Å². The van der Waals surface area contributed by atoms with Gasteiger partial charge in [0.15, 0.2) is 11.5 Å². The molecule has 0 spiro atoms. The molecule has 6 atom stereocenters. The summed E-state index contributed by atoms with van der Waals surface area (Å²) in [5.41, 5.74) is 1.89. The third kappa shape index (κ3) is 4.40. The molecule has 13 heteroatoms. The zero-order valence-electron chi connectivity index (χ0n) is 28.0. The molecule has 2 aromatic heterocycles. The third-order valence-electron chi connectivity index (χ3n) is 11.5. The van der Waals surface area contributed by atoms with Gasteiger partial charge in [-0.05, 0) is 102 Å². The van der Waals surface area contributed by atoms with Crippen LogP contribution in [0.25, 0.3) is 20.7 Å². The Kier molecular flexibility index (Phi) is 7.63. The SMILES string of the molecule is CCN1C(=O)[C@H]2[C@H](CC=C3[C@H]2C[C@H]2C(=O)N(c4cc(-c5sc6ccc(Cl)cc6c5C)nn4C)C(=O)[C@@]2(C)[C@H]3c2cc(Br)c(O)c(OC)c2)C1=O. The number of aryl methyl sites for hydroxylation is 2. The minimum atomic E-state index is -1.27. The number of phenols is 1. The molecule has 10 nitrogen and oxygen atoms in total. The van der Waals surface area contributed by atoms with Crippen LogP contribution in [0.4, 0.5) is 5.82 Å². The Balaban J connectivity index is 1.27. The summed E-state index contributed by atoms with van der Waals surface area (Å²) >= 11 is 11.3. The Bertz CT molecular complexity index is 2230. The van der Waals surface area contributed by atoms with Gasteiger partial charge < -0.3 is 9.84 Å². The van der Waals surface area contributed by atoms with Crippen LogP contribution in [0.2, 0.25) is 5.02 Å². The van der Waals surface area contributed by atoms with Gasteiger partial charge in [0.25, 0.3) is 0 Å². The number of aromatic hydroxyl groups is 1. The lowest BCUT2D eigenvalue weighted by molar-refractivity contribution is -0.140. The average Bonchev–Trinajstić information content (AvgIpc) is 3.75. The first-order chi connectivity index (χ1) is 23.8. The van der Waals surface area contributed by atoms with Gasteiger partial charge in [-0.25, -0.2) is 4.90 Å². The molecule has 1 N–H and O–H groups in total. The number of carbonyl (C=O) groups excluding carboxylic acids is 4. The molecule has 0 unspecified atom stereocenters. The number of fused-ring (bicyclic) bond motifs is 5. The number of halogens is 2. The minimum absolute atomic E-state index is 0.0881. The Hall–Kier alpha value is -4.00. The maximum Gasteiger partial charge on any atom is 0.242 e. The number of hydrogen-bond acceptors (Lipinski definition) is 8. The topological polar surface area (TPSA) is 122 Å². The van der Waals surface area contributed by atoms with E-state index in [0.717, 1.165) is 26.1 Å². The minimum Gasteiger partial charge on any atom is -0.503 e. The number of imide groups is 2. The fourth-order valence-corrected chi connectivity index (χ4v) is 10.9. The zero-order valence-corrected chi connectivity index (χ0v) is 31.1. The lowest BCUT2D eigenvalue weighted by atomic mass is 9.51. The molecule has 0 bridgehead atoms. The number of phenolic OH excluding ortho intramolecular Hbond substituents is 1. The molecule has 4 aromatic rings. The van der Waals surface area contributed by atoms with Gasteiger partial charge in [0.1, 0.15) is 11.5 Å². The van der Waals surface area contributed by atoms with Crippen LogP contribution >= 0.6 is 38.9 Å². The summed E-state index contributed by atoms with van der Waals surface area (Å²) in [5.74, 6) is -3.71. The number of allylic oxidation sites excluding steroid dienone is 2. The third-order valence-corrected chi connectivity index (χ3v) is 13.6. The highest BCUT2D eigenvalue weighted by Crippen LogP contribution is 2.64. The Morgan fingerprint density at radius 2 is 1.86 bits per heavy atom. The zero-order chi connectivity index (χ0) is 35.5. The fourth-order valence-electron chi connectivity index (χ4n) is 9.12. The van der Waals surface area contributed by atoms with Crippen molar-refractivity contribution in [3.63, 3.8) is 0 Å². The number of hydrogen-bond donors (Lipinski definition) is 1. The molecule has 4 amide bonds. The fraction of sp³-hybridized carbons (Fsp3) is 0.378. The van der Waals surface area contributed by atoms with E-state index in [0.29, 0.717) is 33.0 Å². The molecule has 4 aliphatic rings. The normalized spacial score (nSPS) is 27.6. The highest BCUT2D eigenvalue weighted by atomic mass is 79.9. The molecular weight excluding hydrogens is 744 g/mol. The second kappa shape index (κ2) is 11.5. The van der Waals surface area contributed by atoms with Gasteiger partial charge in [-0.3, -0.25) is 28.8 Å². The lowest BCUT2D eigenvalue weighted by Crippen LogP contribution is -2.49. The van der Waals surface area contributed by atoms with Gasteiger partial charge in [0.2, 0.25) is 23.6 Å². The van der Waals surface area contributed by atoms with E-state index in [2.05, 4.69) is 15.9 Å². The molecule has 1 saturated carbocycles. The molecule has 3 fully saturated rings. The largest absolute Gasteiger partial charge is 0.503 e. The van der Waals surface area contributed by atoms with Gasteiger partial charge in [0.05, 0.1) is 39.6 Å². The van der Waals surface area contributed by atoms with Crippen LogP contribution in [0.15, 0.2) is 52.5 Å². The summed E-state index contributed by atoms with van der Waals surface area (Å²) in [7, 11) is 3.17. The van der Waals surface area contributed by atoms with Crippen molar-refractivity contribution in [1.82, 2.24) is 14.7 Å². The van der Waals surface area contributed by atoms with Crippen molar-refractivity contribution in [2.24, 2.45) is 36.1 Å². The van der Waals surface area contributed by atoms with Crippen LogP contribution in [0.1, 0.15) is 43.7 Å². The molecule has 4 heterocycles. The summed E-state index contributed by atoms with van der Waals surface area (Å²) < 4.78 is 8.51. The Morgan fingerprint density at radius 3 is 2.58 bits per heavy atom. The molecular formula is C37H34BrClN4O6S. The number of ether oxygens (including phenoxy) is 1. The van der Waals surface area contributed by atoms with Crippen LogP contribution in [0, 0.1) is 36.0 Å². The van der Waals surface area contributed by atoms with Crippen LogP contribution in [0.3, 0.4) is 0 Å². The Labute approximate surface area is 305 Å². The maximum absolute atomic E-state index is 15.0. The van der Waals surface area contributed by atoms with E-state index < -0.39 is 35.0 Å². The second-order valence-corrected chi connectivity index (χ2v) is 16.2. The number of anilines is 1. The van der Waals surface area contributed by atoms with Crippen LogP contribution in [-0.2, 0) is 26.2 Å². The summed E-state index contributed by atoms with van der Waals surface area (Å²) in [4.78, 5) is 60.4. The molecule has 2 saturated heterocycles. The first-order valence-corrected chi connectivity index (χ1v) is 18.5. The predicted octanol–water partition coefficient (Wildman–Crippen LogP) is 6.99. The number of likely N-dealkylation sites (tertiary alicyclic amines) is 1. The number of methoxy groups -OCH3 is 1. The first-order valence-electron chi connectivity index (χ1n) is 16.5. The summed E-state index contributed by atoms with van der Waals surface area (Å²) in [6.45, 7) is 5.90. The van der Waals surface area contributed by atoms with E-state index in [1.807, 2.05) is 38.1 Å². The van der Waals surface area contributed by atoms with E-state index in [1.165, 1.54) is 16.9 Å². The van der Waals surface area contributed by atoms with Gasteiger partial charge in [-0.2, -0.15) is 5.10 Å². The van der Waals surface area contributed by atoms with Gasteiger partial charge in [-0.15, -0.1) is 11.3 Å². The van der Waals surface area contributed by atoms with Gasteiger partial charge in [-0.1, -0.05) is 23.3 Å². The summed E-state index contributed by atoms with van der Waals surface area (Å²) in [5, 5.41) is 17.2. The number of benzene rings is 2. The second-order valence-electron chi connectivity index (χ2n) is 13.8. The summed E-state index contributed by atoms with van der Waals surface area (Å²) in [6.07, 6.45) is 2.62. The first kappa shape index (κ1) is 33.2. The lowest BCUT2D eigenvalue weighted by Gasteiger charge is -2.49. The molecule has 0 radical (unpaired) electrons.